The van der Waals surface area contributed by atoms with Gasteiger partial charge in [0.25, 0.3) is 0 Å². The average molecular weight is 160 g/mol. The van der Waals surface area contributed by atoms with Gasteiger partial charge in [-0.25, -0.2) is 0 Å². The predicted molar refractivity (Wildman–Crippen MR) is 0 cm³/mol. The van der Waals surface area contributed by atoms with E-state index in [0.717, 1.165) is 0 Å². The van der Waals surface area contributed by atoms with E-state index in [0.29, 0.717) is 0 Å². The molecule has 4 heavy (non-hydrogen) atoms. The van der Waals surface area contributed by atoms with Crippen LogP contribution in [0.25, 0.3) is 0 Å². The van der Waals surface area contributed by atoms with Gasteiger partial charge in [0.1, 0.15) is 0 Å². The summed E-state index contributed by atoms with van der Waals surface area (Å²) in [7, 11) is 0. The van der Waals surface area contributed by atoms with Gasteiger partial charge in [0.05, 0.1) is 0 Å². The van der Waals surface area contributed by atoms with Crippen molar-refractivity contribution in [1.82, 2.24) is 0 Å². The van der Waals surface area contributed by atoms with Crippen molar-refractivity contribution in [1.29, 1.82) is 0 Å². The van der Waals surface area contributed by atoms with E-state index in [1.54, 1.807) is 0 Å². The Labute approximate surface area is 34.4 Å². The van der Waals surface area contributed by atoms with Crippen molar-refractivity contribution in [3.63, 3.8) is 0 Å². The minimum atomic E-state index is 0. The van der Waals surface area contributed by atoms with E-state index < -0.39 is 0 Å². The molecule has 0 radical (unpaired) electrons. The van der Waals surface area contributed by atoms with Gasteiger partial charge in [0.2, 0.25) is 0 Å². The largest absolute Gasteiger partial charge is 3.00 e. The van der Waals surface area contributed by atoms with Gasteiger partial charge in [-0.05, 0) is 0 Å². The van der Waals surface area contributed by atoms with Crippen molar-refractivity contribution in [2.24, 2.45) is 0 Å². The van der Waals surface area contributed by atoms with Crippen LogP contribution in [0.2, 0.25) is 0 Å². The zero-order chi connectivity index (χ0) is 0. The van der Waals surface area contributed by atoms with Gasteiger partial charge < -0.3 is 14.1 Å². The summed E-state index contributed by atoms with van der Waals surface area (Å²) < 4.78 is 0. The first-order valence-electron chi connectivity index (χ1n) is 0. The van der Waals surface area contributed by atoms with Crippen LogP contribution in [-0.2, 0) is 19.5 Å². The van der Waals surface area contributed by atoms with E-state index in [1.165, 1.54) is 0 Å². The van der Waals surface area contributed by atoms with Crippen LogP contribution in [-0.4, -0.2) is 0 Å². The van der Waals surface area contributed by atoms with Crippen molar-refractivity contribution >= 4 is 0 Å². The quantitative estimate of drug-likeness (QED) is 0.309. The number of rotatable bonds is 0. The minimum Gasteiger partial charge on any atom is -1.00 e. The molecule has 0 aromatic carbocycles. The molecule has 0 heterocycles. The van der Waals surface area contributed by atoms with Gasteiger partial charge in [-0.1, -0.05) is 0 Å². The molecule has 0 spiro atoms. The molecule has 0 saturated heterocycles. The van der Waals surface area contributed by atoms with Gasteiger partial charge in [-0.3, -0.25) is 0 Å². The van der Waals surface area contributed by atoms with E-state index in [4.69, 9.17) is 0 Å². The number of halogens is 3. The number of hydrogen-bond acceptors (Lipinski definition) is 0. The molecule has 0 amide bonds. The molecule has 4 heteroatoms. The fraction of sp³-hybridized carbons (Fsp3) is 0. The molecule has 0 bridgehead atoms. The van der Waals surface area contributed by atoms with Gasteiger partial charge >= 0.3 is 19.5 Å². The van der Waals surface area contributed by atoms with E-state index in [9.17, 15) is 0 Å². The Balaban J connectivity index is 0. The molecule has 0 unspecified atom stereocenters. The Hall–Kier alpha value is 0.413. The molecular formula is F3Rh. The Morgan fingerprint density at radius 2 is 0.500 bits per heavy atom. The zero-order valence-corrected chi connectivity index (χ0v) is 3.11. The zero-order valence-electron chi connectivity index (χ0n) is 1.47. The maximum Gasteiger partial charge on any atom is 3.00 e. The molecule has 0 aliphatic heterocycles. The molecule has 0 atom stereocenters. The van der Waals surface area contributed by atoms with Crippen LogP contribution in [0.1, 0.15) is 0 Å². The average Bonchev–Trinajstić information content (AvgIpc) is 0. The topological polar surface area (TPSA) is 0 Å². The monoisotopic (exact) mass is 160 g/mol. The van der Waals surface area contributed by atoms with Gasteiger partial charge in [-0.2, -0.15) is 0 Å². The first-order chi connectivity index (χ1) is 0. The molecule has 0 rings (SSSR count). The molecule has 0 aliphatic rings. The third kappa shape index (κ3) is 28.2. The third-order valence-corrected chi connectivity index (χ3v) is 0. The van der Waals surface area contributed by atoms with Gasteiger partial charge in [0, 0.05) is 0 Å². The second kappa shape index (κ2) is 116. The van der Waals surface area contributed by atoms with Crippen molar-refractivity contribution in [2.45, 2.75) is 0 Å². The van der Waals surface area contributed by atoms with Crippen molar-refractivity contribution in [3.05, 3.63) is 0 Å². The van der Waals surface area contributed by atoms with Crippen LogP contribution in [0, 0.1) is 0 Å². The van der Waals surface area contributed by atoms with Crippen molar-refractivity contribution < 1.29 is 33.6 Å². The molecule has 0 aliphatic carbocycles. The third-order valence-electron chi connectivity index (χ3n) is 0. The first-order valence-corrected chi connectivity index (χ1v) is 0. The maximum atomic E-state index is 0. The molecule has 0 aromatic rings. The summed E-state index contributed by atoms with van der Waals surface area (Å²) in [4.78, 5) is 0. The van der Waals surface area contributed by atoms with Crippen LogP contribution in [0.15, 0.2) is 0 Å². The van der Waals surface area contributed by atoms with E-state index in [2.05, 4.69) is 0 Å². The summed E-state index contributed by atoms with van der Waals surface area (Å²) in [5.74, 6) is 0. The Morgan fingerprint density at radius 3 is 0.500 bits per heavy atom. The molecule has 0 aromatic heterocycles. The normalized spacial score (nSPS) is 0. The standard InChI is InChI=1S/3FH.Rh/h3*1H;/q;;;+3/p-3. The summed E-state index contributed by atoms with van der Waals surface area (Å²) in [5.41, 5.74) is 0. The van der Waals surface area contributed by atoms with Crippen LogP contribution in [0.4, 0.5) is 0 Å². The minimum absolute atomic E-state index is 0. The van der Waals surface area contributed by atoms with E-state index in [1.807, 2.05) is 0 Å². The Bertz CT molecular complexity index is 3.25. The Kier molecular flexibility index (Phi) is 8750. The second-order valence-corrected chi connectivity index (χ2v) is 0. The maximum absolute atomic E-state index is 0. The SMILES string of the molecule is [F-].[F-].[F-].[Rh+3]. The number of hydrogen-bond donors (Lipinski definition) is 0. The molecule has 0 N–H and O–H groups in total. The van der Waals surface area contributed by atoms with Crippen LogP contribution >= 0.6 is 0 Å². The predicted octanol–water partition coefficient (Wildman–Crippen LogP) is -8.99. The fourth-order valence-corrected chi connectivity index (χ4v) is 0. The molecule has 30 valence electrons. The molecule has 0 saturated carbocycles. The van der Waals surface area contributed by atoms with Gasteiger partial charge in [0.15, 0.2) is 0 Å². The Morgan fingerprint density at radius 1 is 0.500 bits per heavy atom. The van der Waals surface area contributed by atoms with Crippen LogP contribution in [0.5, 0.6) is 0 Å². The summed E-state index contributed by atoms with van der Waals surface area (Å²) in [6.07, 6.45) is 0. The van der Waals surface area contributed by atoms with Crippen molar-refractivity contribution in [2.75, 3.05) is 0 Å². The van der Waals surface area contributed by atoms with E-state index in [-0.39, 0.29) is 33.6 Å². The summed E-state index contributed by atoms with van der Waals surface area (Å²) in [5, 5.41) is 0. The summed E-state index contributed by atoms with van der Waals surface area (Å²) >= 11 is 0. The van der Waals surface area contributed by atoms with E-state index >= 15 is 0 Å². The van der Waals surface area contributed by atoms with Crippen molar-refractivity contribution in [3.8, 4) is 0 Å². The first kappa shape index (κ1) is 301. The van der Waals surface area contributed by atoms with Gasteiger partial charge in [-0.15, -0.1) is 0 Å². The second-order valence-electron chi connectivity index (χ2n) is 0. The smallest absolute Gasteiger partial charge is 1.00 e. The molecule has 0 nitrogen and oxygen atoms in total. The van der Waals surface area contributed by atoms with Crippen LogP contribution in [0.3, 0.4) is 0 Å². The fourth-order valence-electron chi connectivity index (χ4n) is 0. The molecule has 0 fully saturated rings. The summed E-state index contributed by atoms with van der Waals surface area (Å²) in [6.45, 7) is 0. The van der Waals surface area contributed by atoms with Crippen LogP contribution < -0.4 is 14.1 Å². The molecular weight excluding hydrogens is 160 g/mol. The summed E-state index contributed by atoms with van der Waals surface area (Å²) in [6, 6.07) is 0.